The highest BCUT2D eigenvalue weighted by atomic mass is 16.7. The van der Waals surface area contributed by atoms with Crippen molar-refractivity contribution in [1.82, 2.24) is 15.0 Å². The second-order valence-electron chi connectivity index (χ2n) is 8.73. The maximum absolute atomic E-state index is 11.0. The van der Waals surface area contributed by atoms with E-state index in [9.17, 15) is 25.5 Å². The van der Waals surface area contributed by atoms with E-state index in [1.165, 1.54) is 5.56 Å². The molecule has 2 aromatic carbocycles. The van der Waals surface area contributed by atoms with Crippen molar-refractivity contribution in [3.8, 4) is 11.5 Å². The summed E-state index contributed by atoms with van der Waals surface area (Å²) in [7, 11) is 0. The monoisotopic (exact) mass is 473 g/mol. The average Bonchev–Trinajstić information content (AvgIpc) is 3.45. The standard InChI is InChI=1S/C23H27N3O8/c1-12-8-15-19(17(9-12)34-23(31)21(29)20(28)18(11-27)33-22(23)30)26(25-24-15)6-4-13-2-3-16-14(10-13)5-7-32-16/h2-3,8-10,18,20-22,27-31H,4-7,11H2,1H3/t18-,20-,21+,22-,23+/m1/s1. The zero-order valence-electron chi connectivity index (χ0n) is 18.5. The molecule has 0 spiro atoms. The van der Waals surface area contributed by atoms with Crippen LogP contribution in [0.4, 0.5) is 0 Å². The molecule has 11 nitrogen and oxygen atoms in total. The normalized spacial score (nSPS) is 28.6. The van der Waals surface area contributed by atoms with Gasteiger partial charge >= 0.3 is 0 Å². The minimum Gasteiger partial charge on any atom is -0.493 e. The van der Waals surface area contributed by atoms with Gasteiger partial charge in [0.2, 0.25) is 6.29 Å². The van der Waals surface area contributed by atoms with Crippen LogP contribution in [0.1, 0.15) is 16.7 Å². The van der Waals surface area contributed by atoms with Gasteiger partial charge in [-0.1, -0.05) is 17.3 Å². The number of aliphatic hydroxyl groups excluding tert-OH is 4. The molecule has 11 heteroatoms. The summed E-state index contributed by atoms with van der Waals surface area (Å²) in [4.78, 5) is 0. The second-order valence-corrected chi connectivity index (χ2v) is 8.73. The first-order valence-electron chi connectivity index (χ1n) is 11.1. The van der Waals surface area contributed by atoms with Gasteiger partial charge in [0.15, 0.2) is 11.9 Å². The lowest BCUT2D eigenvalue weighted by Gasteiger charge is -2.45. The molecule has 0 unspecified atom stereocenters. The van der Waals surface area contributed by atoms with Gasteiger partial charge in [0.25, 0.3) is 5.79 Å². The summed E-state index contributed by atoms with van der Waals surface area (Å²) in [6, 6.07) is 9.47. The number of rotatable bonds is 6. The molecule has 0 amide bonds. The highest BCUT2D eigenvalue weighted by molar-refractivity contribution is 5.82. The Morgan fingerprint density at radius 1 is 1.21 bits per heavy atom. The first kappa shape index (κ1) is 23.0. The van der Waals surface area contributed by atoms with E-state index in [-0.39, 0.29) is 5.75 Å². The molecular formula is C23H27N3O8. The number of nitrogens with zero attached hydrogens (tertiary/aromatic N) is 3. The van der Waals surface area contributed by atoms with Gasteiger partial charge in [-0.3, -0.25) is 0 Å². The Balaban J connectivity index is 1.44. The van der Waals surface area contributed by atoms with E-state index >= 15 is 0 Å². The molecule has 182 valence electrons. The Kier molecular flexibility index (Phi) is 5.92. The molecule has 0 aliphatic carbocycles. The molecule has 0 saturated carbocycles. The number of aryl methyl sites for hydroxylation is 3. The van der Waals surface area contributed by atoms with E-state index in [1.807, 2.05) is 12.1 Å². The van der Waals surface area contributed by atoms with E-state index < -0.39 is 37.0 Å². The van der Waals surface area contributed by atoms with Crippen molar-refractivity contribution in [2.24, 2.45) is 0 Å². The number of hydrogen-bond acceptors (Lipinski definition) is 10. The minimum atomic E-state index is -2.69. The lowest BCUT2D eigenvalue weighted by Crippen LogP contribution is -2.69. The van der Waals surface area contributed by atoms with Crippen molar-refractivity contribution in [3.05, 3.63) is 47.0 Å². The second kappa shape index (κ2) is 8.77. The van der Waals surface area contributed by atoms with Crippen LogP contribution in [0.25, 0.3) is 11.0 Å². The Morgan fingerprint density at radius 3 is 2.82 bits per heavy atom. The van der Waals surface area contributed by atoms with Gasteiger partial charge in [-0.15, -0.1) is 5.10 Å². The van der Waals surface area contributed by atoms with E-state index in [4.69, 9.17) is 14.2 Å². The molecule has 1 aromatic heterocycles. The summed E-state index contributed by atoms with van der Waals surface area (Å²) in [6.07, 6.45) is -5.43. The van der Waals surface area contributed by atoms with Crippen molar-refractivity contribution in [2.75, 3.05) is 13.2 Å². The topological polar surface area (TPSA) is 160 Å². The van der Waals surface area contributed by atoms with E-state index in [0.29, 0.717) is 30.6 Å². The molecule has 1 saturated heterocycles. The van der Waals surface area contributed by atoms with Gasteiger partial charge in [0, 0.05) is 13.0 Å². The van der Waals surface area contributed by atoms with Gasteiger partial charge in [-0.05, 0) is 48.2 Å². The van der Waals surface area contributed by atoms with Crippen molar-refractivity contribution in [1.29, 1.82) is 0 Å². The number of aliphatic hydroxyl groups is 5. The molecule has 1 fully saturated rings. The Labute approximate surface area is 194 Å². The number of hydrogen-bond donors (Lipinski definition) is 5. The van der Waals surface area contributed by atoms with Crippen LogP contribution in [0.3, 0.4) is 0 Å². The minimum absolute atomic E-state index is 0.0983. The molecule has 5 rings (SSSR count). The molecule has 3 heterocycles. The van der Waals surface area contributed by atoms with E-state index in [0.717, 1.165) is 23.3 Å². The molecule has 5 N–H and O–H groups in total. The fourth-order valence-electron chi connectivity index (χ4n) is 4.45. The quantitative estimate of drug-likeness (QED) is 0.293. The molecule has 2 aliphatic heterocycles. The third-order valence-corrected chi connectivity index (χ3v) is 6.32. The van der Waals surface area contributed by atoms with Gasteiger partial charge in [-0.25, -0.2) is 4.68 Å². The summed E-state index contributed by atoms with van der Waals surface area (Å²) >= 11 is 0. The third kappa shape index (κ3) is 3.90. The third-order valence-electron chi connectivity index (χ3n) is 6.32. The fourth-order valence-corrected chi connectivity index (χ4v) is 4.45. The first-order chi connectivity index (χ1) is 16.3. The van der Waals surface area contributed by atoms with Crippen molar-refractivity contribution in [3.63, 3.8) is 0 Å². The zero-order valence-corrected chi connectivity index (χ0v) is 18.5. The van der Waals surface area contributed by atoms with Crippen LogP contribution in [0.5, 0.6) is 11.5 Å². The van der Waals surface area contributed by atoms with E-state index in [1.54, 1.807) is 23.7 Å². The van der Waals surface area contributed by atoms with Crippen LogP contribution in [0.2, 0.25) is 0 Å². The predicted octanol–water partition coefficient (Wildman–Crippen LogP) is -0.584. The number of fused-ring (bicyclic) bond motifs is 2. The molecule has 0 bridgehead atoms. The average molecular weight is 473 g/mol. The van der Waals surface area contributed by atoms with Crippen LogP contribution in [0, 0.1) is 6.92 Å². The lowest BCUT2D eigenvalue weighted by atomic mass is 9.96. The molecule has 34 heavy (non-hydrogen) atoms. The summed E-state index contributed by atoms with van der Waals surface area (Å²) in [5.41, 5.74) is 3.96. The summed E-state index contributed by atoms with van der Waals surface area (Å²) < 4.78 is 18.0. The largest absolute Gasteiger partial charge is 0.493 e. The van der Waals surface area contributed by atoms with Crippen molar-refractivity contribution < 1.29 is 39.7 Å². The smallest absolute Gasteiger partial charge is 0.288 e. The lowest BCUT2D eigenvalue weighted by molar-refractivity contribution is -0.385. The highest BCUT2D eigenvalue weighted by Gasteiger charge is 2.57. The first-order valence-corrected chi connectivity index (χ1v) is 11.1. The molecule has 0 radical (unpaired) electrons. The molecule has 3 aromatic rings. The van der Waals surface area contributed by atoms with Gasteiger partial charge in [0.05, 0.1) is 13.2 Å². The van der Waals surface area contributed by atoms with Gasteiger partial charge in [-0.2, -0.15) is 0 Å². The zero-order chi connectivity index (χ0) is 24.0. The summed E-state index contributed by atoms with van der Waals surface area (Å²) in [5.74, 6) is -1.69. The number of aromatic nitrogens is 3. The van der Waals surface area contributed by atoms with Gasteiger partial charge in [0.1, 0.15) is 29.0 Å². The van der Waals surface area contributed by atoms with Crippen molar-refractivity contribution in [2.45, 2.75) is 56.7 Å². The number of benzene rings is 2. The molecule has 5 atom stereocenters. The molecular weight excluding hydrogens is 446 g/mol. The number of ether oxygens (including phenoxy) is 3. The predicted molar refractivity (Wildman–Crippen MR) is 117 cm³/mol. The van der Waals surface area contributed by atoms with Crippen LogP contribution in [-0.4, -0.2) is 84.1 Å². The maximum atomic E-state index is 11.0. The Hall–Kier alpha value is -2.80. The van der Waals surface area contributed by atoms with E-state index in [2.05, 4.69) is 16.4 Å². The van der Waals surface area contributed by atoms with Crippen LogP contribution >= 0.6 is 0 Å². The summed E-state index contributed by atoms with van der Waals surface area (Å²) in [6.45, 7) is 2.27. The van der Waals surface area contributed by atoms with Crippen LogP contribution in [-0.2, 0) is 24.1 Å². The Morgan fingerprint density at radius 2 is 2.03 bits per heavy atom. The van der Waals surface area contributed by atoms with Gasteiger partial charge < -0.3 is 39.7 Å². The SMILES string of the molecule is Cc1cc(O[C@]2(O)[C@H](O)O[C@H](CO)[C@@H](O)[C@@H]2O)c2c(c1)nnn2CCc1ccc2c(c1)CCO2. The Bertz CT molecular complexity index is 1200. The fraction of sp³-hybridized carbons (Fsp3) is 0.478. The van der Waals surface area contributed by atoms with Crippen molar-refractivity contribution >= 4 is 11.0 Å². The highest BCUT2D eigenvalue weighted by Crippen LogP contribution is 2.35. The van der Waals surface area contributed by atoms with Crippen LogP contribution in [0.15, 0.2) is 30.3 Å². The van der Waals surface area contributed by atoms with Crippen LogP contribution < -0.4 is 9.47 Å². The molecule has 2 aliphatic rings. The maximum Gasteiger partial charge on any atom is 0.288 e. The summed E-state index contributed by atoms with van der Waals surface area (Å²) in [5, 5.41) is 59.7.